The lowest BCUT2D eigenvalue weighted by Gasteiger charge is -2.09. The number of nitrogens with one attached hydrogen (secondary N) is 2. The average molecular weight is 326 g/mol. The second kappa shape index (κ2) is 7.45. The smallest absolute Gasteiger partial charge is 0.320 e. The molecule has 0 saturated carbocycles. The molecule has 7 heteroatoms. The van der Waals surface area contributed by atoms with Gasteiger partial charge < -0.3 is 14.6 Å². The summed E-state index contributed by atoms with van der Waals surface area (Å²) in [6.45, 7) is 2.73. The highest BCUT2D eigenvalue weighted by molar-refractivity contribution is 5.88. The molecule has 2 heterocycles. The van der Waals surface area contributed by atoms with E-state index in [2.05, 4.69) is 20.8 Å². The Labute approximate surface area is 139 Å². The standard InChI is InChI=1S/C17H18N4O3/c1-12-11-15(21-24-12)20-17(22)19-9-4-10-23-14-7-2-5-13-6-3-8-18-16(13)14/h2-3,5-8,11H,4,9-10H2,1H3,(H2,19,20,21,22). The number of amides is 2. The molecule has 24 heavy (non-hydrogen) atoms. The molecule has 2 amide bonds. The number of hydrogen-bond acceptors (Lipinski definition) is 5. The van der Waals surface area contributed by atoms with Gasteiger partial charge in [0.1, 0.15) is 17.0 Å². The van der Waals surface area contributed by atoms with Gasteiger partial charge in [0.15, 0.2) is 5.82 Å². The average Bonchev–Trinajstić information content (AvgIpc) is 2.99. The summed E-state index contributed by atoms with van der Waals surface area (Å²) >= 11 is 0. The van der Waals surface area contributed by atoms with E-state index in [4.69, 9.17) is 9.26 Å². The van der Waals surface area contributed by atoms with E-state index < -0.39 is 0 Å². The van der Waals surface area contributed by atoms with Crippen molar-refractivity contribution in [2.24, 2.45) is 0 Å². The molecule has 2 aromatic heterocycles. The van der Waals surface area contributed by atoms with E-state index in [-0.39, 0.29) is 6.03 Å². The molecule has 0 aliphatic carbocycles. The van der Waals surface area contributed by atoms with Crippen molar-refractivity contribution in [2.75, 3.05) is 18.5 Å². The number of rotatable bonds is 6. The Morgan fingerprint density at radius 3 is 3.00 bits per heavy atom. The van der Waals surface area contributed by atoms with Crippen LogP contribution in [0.15, 0.2) is 47.1 Å². The van der Waals surface area contributed by atoms with Gasteiger partial charge in [-0.15, -0.1) is 0 Å². The summed E-state index contributed by atoms with van der Waals surface area (Å²) in [4.78, 5) is 16.0. The van der Waals surface area contributed by atoms with E-state index in [1.165, 1.54) is 0 Å². The summed E-state index contributed by atoms with van der Waals surface area (Å²) in [6, 6.07) is 11.0. The summed E-state index contributed by atoms with van der Waals surface area (Å²) in [5.74, 6) is 1.78. The number of ether oxygens (including phenoxy) is 1. The molecule has 2 N–H and O–H groups in total. The Morgan fingerprint density at radius 1 is 1.29 bits per heavy atom. The van der Waals surface area contributed by atoms with Gasteiger partial charge in [-0.25, -0.2) is 4.79 Å². The van der Waals surface area contributed by atoms with E-state index in [9.17, 15) is 4.79 Å². The molecule has 0 aliphatic rings. The van der Waals surface area contributed by atoms with Crippen molar-refractivity contribution in [2.45, 2.75) is 13.3 Å². The summed E-state index contributed by atoms with van der Waals surface area (Å²) in [7, 11) is 0. The van der Waals surface area contributed by atoms with Crippen LogP contribution in [0.5, 0.6) is 5.75 Å². The molecule has 0 saturated heterocycles. The lowest BCUT2D eigenvalue weighted by molar-refractivity contribution is 0.250. The highest BCUT2D eigenvalue weighted by Crippen LogP contribution is 2.22. The quantitative estimate of drug-likeness (QED) is 0.679. The van der Waals surface area contributed by atoms with E-state index in [1.54, 1.807) is 19.2 Å². The van der Waals surface area contributed by atoms with Crippen molar-refractivity contribution in [1.29, 1.82) is 0 Å². The largest absolute Gasteiger partial charge is 0.491 e. The number of hydrogen-bond donors (Lipinski definition) is 2. The highest BCUT2D eigenvalue weighted by atomic mass is 16.5. The number of benzene rings is 1. The van der Waals surface area contributed by atoms with Crippen LogP contribution in [-0.4, -0.2) is 29.3 Å². The maximum Gasteiger partial charge on any atom is 0.320 e. The number of para-hydroxylation sites is 1. The van der Waals surface area contributed by atoms with Gasteiger partial charge in [-0.1, -0.05) is 23.4 Å². The van der Waals surface area contributed by atoms with Crippen LogP contribution in [0.1, 0.15) is 12.2 Å². The Bertz CT molecular complexity index is 826. The van der Waals surface area contributed by atoms with Crippen LogP contribution < -0.4 is 15.4 Å². The van der Waals surface area contributed by atoms with Gasteiger partial charge in [-0.2, -0.15) is 0 Å². The molecule has 0 spiro atoms. The monoisotopic (exact) mass is 326 g/mol. The first-order valence-electron chi connectivity index (χ1n) is 7.67. The van der Waals surface area contributed by atoms with Crippen LogP contribution in [0.4, 0.5) is 10.6 Å². The molecule has 7 nitrogen and oxygen atoms in total. The molecule has 124 valence electrons. The maximum absolute atomic E-state index is 11.7. The molecule has 3 aromatic rings. The van der Waals surface area contributed by atoms with Crippen molar-refractivity contribution in [3.8, 4) is 5.75 Å². The third kappa shape index (κ3) is 4.01. The first kappa shape index (κ1) is 15.8. The second-order valence-corrected chi connectivity index (χ2v) is 5.24. The molecular weight excluding hydrogens is 308 g/mol. The minimum absolute atomic E-state index is 0.324. The number of anilines is 1. The molecule has 1 aromatic carbocycles. The van der Waals surface area contributed by atoms with Gasteiger partial charge in [-0.3, -0.25) is 10.3 Å². The minimum atomic E-state index is -0.324. The van der Waals surface area contributed by atoms with Gasteiger partial charge in [0.2, 0.25) is 0 Å². The molecule has 0 aliphatic heterocycles. The third-order valence-electron chi connectivity index (χ3n) is 3.33. The Kier molecular flexibility index (Phi) is 4.90. The van der Waals surface area contributed by atoms with Crippen LogP contribution in [0.3, 0.4) is 0 Å². The second-order valence-electron chi connectivity index (χ2n) is 5.24. The van der Waals surface area contributed by atoms with Crippen molar-refractivity contribution in [3.05, 3.63) is 48.4 Å². The molecule has 0 fully saturated rings. The predicted molar refractivity (Wildman–Crippen MR) is 90.1 cm³/mol. The topological polar surface area (TPSA) is 89.3 Å². The summed E-state index contributed by atoms with van der Waals surface area (Å²) in [5, 5.41) is 10.1. The number of fused-ring (bicyclic) bond motifs is 1. The van der Waals surface area contributed by atoms with E-state index >= 15 is 0 Å². The van der Waals surface area contributed by atoms with Gasteiger partial charge in [0.05, 0.1) is 6.61 Å². The fourth-order valence-electron chi connectivity index (χ4n) is 2.23. The zero-order valence-electron chi connectivity index (χ0n) is 13.3. The van der Waals surface area contributed by atoms with Gasteiger partial charge in [0, 0.05) is 24.2 Å². The van der Waals surface area contributed by atoms with Crippen molar-refractivity contribution in [1.82, 2.24) is 15.5 Å². The van der Waals surface area contributed by atoms with E-state index in [0.29, 0.717) is 31.2 Å². The number of carbonyl (C=O) groups is 1. The Balaban J connectivity index is 1.41. The molecule has 3 rings (SSSR count). The van der Waals surface area contributed by atoms with E-state index in [1.807, 2.05) is 30.3 Å². The molecule has 0 atom stereocenters. The summed E-state index contributed by atoms with van der Waals surface area (Å²) < 4.78 is 10.6. The lowest BCUT2D eigenvalue weighted by Crippen LogP contribution is -2.30. The number of aromatic nitrogens is 2. The maximum atomic E-state index is 11.7. The van der Waals surface area contributed by atoms with Crippen LogP contribution in [-0.2, 0) is 0 Å². The first-order valence-corrected chi connectivity index (χ1v) is 7.67. The summed E-state index contributed by atoms with van der Waals surface area (Å²) in [5.41, 5.74) is 0.840. The zero-order chi connectivity index (χ0) is 16.8. The van der Waals surface area contributed by atoms with Crippen molar-refractivity contribution >= 4 is 22.8 Å². The number of pyridine rings is 1. The van der Waals surface area contributed by atoms with E-state index in [0.717, 1.165) is 16.7 Å². The fraction of sp³-hybridized carbons (Fsp3) is 0.235. The van der Waals surface area contributed by atoms with Gasteiger partial charge in [-0.05, 0) is 25.5 Å². The molecule has 0 radical (unpaired) electrons. The Hall–Kier alpha value is -3.09. The third-order valence-corrected chi connectivity index (χ3v) is 3.33. The Morgan fingerprint density at radius 2 is 2.17 bits per heavy atom. The number of urea groups is 1. The fourth-order valence-corrected chi connectivity index (χ4v) is 2.23. The van der Waals surface area contributed by atoms with Gasteiger partial charge >= 0.3 is 6.03 Å². The molecule has 0 bridgehead atoms. The molecule has 0 unspecified atom stereocenters. The van der Waals surface area contributed by atoms with Crippen LogP contribution >= 0.6 is 0 Å². The van der Waals surface area contributed by atoms with Crippen LogP contribution in [0, 0.1) is 6.92 Å². The molecular formula is C17H18N4O3. The number of nitrogens with zero attached hydrogens (tertiary/aromatic N) is 2. The predicted octanol–water partition coefficient (Wildman–Crippen LogP) is 3.12. The number of aryl methyl sites for hydroxylation is 1. The zero-order valence-corrected chi connectivity index (χ0v) is 13.3. The summed E-state index contributed by atoms with van der Waals surface area (Å²) in [6.07, 6.45) is 2.42. The highest BCUT2D eigenvalue weighted by Gasteiger charge is 2.05. The first-order chi connectivity index (χ1) is 11.7. The van der Waals surface area contributed by atoms with Crippen LogP contribution in [0.25, 0.3) is 10.9 Å². The van der Waals surface area contributed by atoms with Crippen molar-refractivity contribution in [3.63, 3.8) is 0 Å². The SMILES string of the molecule is Cc1cc(NC(=O)NCCCOc2cccc3cccnc23)no1. The van der Waals surface area contributed by atoms with Crippen LogP contribution in [0.2, 0.25) is 0 Å². The lowest BCUT2D eigenvalue weighted by atomic mass is 10.2. The number of carbonyl (C=O) groups excluding carboxylic acids is 1. The van der Waals surface area contributed by atoms with Crippen molar-refractivity contribution < 1.29 is 14.1 Å². The minimum Gasteiger partial charge on any atom is -0.491 e. The normalized spacial score (nSPS) is 10.5. The van der Waals surface area contributed by atoms with Gasteiger partial charge in [0.25, 0.3) is 0 Å².